The van der Waals surface area contributed by atoms with Crippen LogP contribution in [-0.4, -0.2) is 19.3 Å². The fourth-order valence-corrected chi connectivity index (χ4v) is 1.61. The highest BCUT2D eigenvalue weighted by Crippen LogP contribution is 2.05. The zero-order valence-electron chi connectivity index (χ0n) is 11.2. The van der Waals surface area contributed by atoms with Crippen LogP contribution in [0.3, 0.4) is 0 Å². The van der Waals surface area contributed by atoms with Crippen molar-refractivity contribution in [2.75, 3.05) is 7.11 Å². The fourth-order valence-electron chi connectivity index (χ4n) is 1.61. The summed E-state index contributed by atoms with van der Waals surface area (Å²) in [5, 5.41) is 3.89. The Labute approximate surface area is 117 Å². The minimum Gasteiger partial charge on any atom is -0.465 e. The van der Waals surface area contributed by atoms with E-state index in [9.17, 15) is 4.79 Å². The van der Waals surface area contributed by atoms with E-state index in [2.05, 4.69) is 9.89 Å². The Kier molecular flexibility index (Phi) is 4.89. The number of methoxy groups -OCH3 is 1. The SMILES string of the molecule is COC(=O)c1ccc(C=NOCc2ccccc2)cc1. The normalized spacial score (nSPS) is 10.4. The predicted molar refractivity (Wildman–Crippen MR) is 76.6 cm³/mol. The molecule has 2 rings (SSSR count). The number of ether oxygens (including phenoxy) is 1. The molecule has 0 fully saturated rings. The predicted octanol–water partition coefficient (Wildman–Crippen LogP) is 3.02. The van der Waals surface area contributed by atoms with Crippen LogP contribution in [0, 0.1) is 0 Å². The summed E-state index contributed by atoms with van der Waals surface area (Å²) < 4.78 is 4.63. The zero-order chi connectivity index (χ0) is 14.2. The lowest BCUT2D eigenvalue weighted by Crippen LogP contribution is -2.00. The Morgan fingerprint density at radius 3 is 2.45 bits per heavy atom. The van der Waals surface area contributed by atoms with Gasteiger partial charge in [-0.2, -0.15) is 0 Å². The van der Waals surface area contributed by atoms with Crippen molar-refractivity contribution in [1.82, 2.24) is 0 Å². The first kappa shape index (κ1) is 13.8. The number of esters is 1. The summed E-state index contributed by atoms with van der Waals surface area (Å²) in [5.41, 5.74) is 2.42. The van der Waals surface area contributed by atoms with Crippen molar-refractivity contribution in [2.45, 2.75) is 6.61 Å². The molecular formula is C16H15NO3. The largest absolute Gasteiger partial charge is 0.465 e. The average molecular weight is 269 g/mol. The molecule has 0 unspecified atom stereocenters. The van der Waals surface area contributed by atoms with E-state index < -0.39 is 0 Å². The van der Waals surface area contributed by atoms with Crippen LogP contribution in [0.15, 0.2) is 59.8 Å². The molecule has 2 aromatic rings. The molecule has 4 heteroatoms. The second-order valence-corrected chi connectivity index (χ2v) is 4.11. The summed E-state index contributed by atoms with van der Waals surface area (Å²) in [6.45, 7) is 0.428. The van der Waals surface area contributed by atoms with Crippen molar-refractivity contribution in [3.63, 3.8) is 0 Å². The van der Waals surface area contributed by atoms with Crippen molar-refractivity contribution in [3.8, 4) is 0 Å². The van der Waals surface area contributed by atoms with E-state index >= 15 is 0 Å². The molecule has 0 aliphatic carbocycles. The van der Waals surface area contributed by atoms with Gasteiger partial charge < -0.3 is 9.57 Å². The summed E-state index contributed by atoms with van der Waals surface area (Å²) in [5.74, 6) is -0.353. The van der Waals surface area contributed by atoms with Gasteiger partial charge in [0.1, 0.15) is 6.61 Å². The molecule has 0 spiro atoms. The molecule has 0 aliphatic heterocycles. The van der Waals surface area contributed by atoms with Crippen molar-refractivity contribution in [3.05, 3.63) is 71.3 Å². The highest BCUT2D eigenvalue weighted by atomic mass is 16.6. The van der Waals surface area contributed by atoms with Gasteiger partial charge in [0.15, 0.2) is 0 Å². The molecule has 0 atom stereocenters. The van der Waals surface area contributed by atoms with Gasteiger partial charge in [0.05, 0.1) is 18.9 Å². The lowest BCUT2D eigenvalue weighted by Gasteiger charge is -2.00. The van der Waals surface area contributed by atoms with Crippen molar-refractivity contribution >= 4 is 12.2 Å². The van der Waals surface area contributed by atoms with Crippen molar-refractivity contribution < 1.29 is 14.4 Å². The van der Waals surface area contributed by atoms with Crippen molar-refractivity contribution in [2.24, 2.45) is 5.16 Å². The van der Waals surface area contributed by atoms with Gasteiger partial charge in [-0.1, -0.05) is 47.6 Å². The number of hydrogen-bond acceptors (Lipinski definition) is 4. The highest BCUT2D eigenvalue weighted by Gasteiger charge is 2.03. The second-order valence-electron chi connectivity index (χ2n) is 4.11. The Morgan fingerprint density at radius 1 is 1.10 bits per heavy atom. The second kappa shape index (κ2) is 7.09. The quantitative estimate of drug-likeness (QED) is 0.476. The van der Waals surface area contributed by atoms with Crippen molar-refractivity contribution in [1.29, 1.82) is 0 Å². The number of benzene rings is 2. The average Bonchev–Trinajstić information content (AvgIpc) is 2.52. The molecule has 0 heterocycles. The molecule has 4 nitrogen and oxygen atoms in total. The van der Waals surface area contributed by atoms with Gasteiger partial charge in [-0.25, -0.2) is 4.79 Å². The molecule has 0 amide bonds. The molecule has 0 radical (unpaired) electrons. The number of carbonyl (C=O) groups excluding carboxylic acids is 1. The van der Waals surface area contributed by atoms with E-state index in [4.69, 9.17) is 4.84 Å². The first-order chi connectivity index (χ1) is 9.79. The Bertz CT molecular complexity index is 576. The minimum absolute atomic E-state index is 0.353. The van der Waals surface area contributed by atoms with Crippen LogP contribution >= 0.6 is 0 Å². The first-order valence-electron chi connectivity index (χ1n) is 6.17. The van der Waals surface area contributed by atoms with E-state index in [1.54, 1.807) is 30.5 Å². The lowest BCUT2D eigenvalue weighted by atomic mass is 10.1. The maximum Gasteiger partial charge on any atom is 0.337 e. The molecule has 2 aromatic carbocycles. The summed E-state index contributed by atoms with van der Waals surface area (Å²) in [4.78, 5) is 16.5. The van der Waals surface area contributed by atoms with Crippen LogP contribution in [0.25, 0.3) is 0 Å². The van der Waals surface area contributed by atoms with Gasteiger partial charge in [0, 0.05) is 0 Å². The standard InChI is InChI=1S/C16H15NO3/c1-19-16(18)15-9-7-13(8-10-15)11-17-20-12-14-5-3-2-4-6-14/h2-11H,12H2,1H3. The highest BCUT2D eigenvalue weighted by molar-refractivity contribution is 5.90. The van der Waals surface area contributed by atoms with E-state index in [0.717, 1.165) is 11.1 Å². The Hall–Kier alpha value is -2.62. The van der Waals surface area contributed by atoms with Gasteiger partial charge in [-0.15, -0.1) is 0 Å². The molecule has 0 N–H and O–H groups in total. The summed E-state index contributed by atoms with van der Waals surface area (Å²) in [6, 6.07) is 16.7. The maximum atomic E-state index is 11.3. The number of rotatable bonds is 5. The third-order valence-corrected chi connectivity index (χ3v) is 2.68. The van der Waals surface area contributed by atoms with Gasteiger partial charge >= 0.3 is 5.97 Å². The number of carbonyl (C=O) groups is 1. The van der Waals surface area contributed by atoms with Crippen LogP contribution < -0.4 is 0 Å². The summed E-state index contributed by atoms with van der Waals surface area (Å²) in [6.07, 6.45) is 1.60. The van der Waals surface area contributed by atoms with E-state index in [-0.39, 0.29) is 5.97 Å². The molecular weight excluding hydrogens is 254 g/mol. The first-order valence-corrected chi connectivity index (χ1v) is 6.17. The van der Waals surface area contributed by atoms with Gasteiger partial charge in [0.2, 0.25) is 0 Å². The van der Waals surface area contributed by atoms with E-state index in [0.29, 0.717) is 12.2 Å². The van der Waals surface area contributed by atoms with E-state index in [1.807, 2.05) is 30.3 Å². The smallest absolute Gasteiger partial charge is 0.337 e. The Morgan fingerprint density at radius 2 is 1.80 bits per heavy atom. The van der Waals surface area contributed by atoms with Gasteiger partial charge in [0.25, 0.3) is 0 Å². The van der Waals surface area contributed by atoms with Crippen LogP contribution in [0.2, 0.25) is 0 Å². The molecule has 20 heavy (non-hydrogen) atoms. The molecule has 0 saturated heterocycles. The monoisotopic (exact) mass is 269 g/mol. The molecule has 0 bridgehead atoms. The molecule has 0 aliphatic rings. The lowest BCUT2D eigenvalue weighted by molar-refractivity contribution is 0.0601. The zero-order valence-corrected chi connectivity index (χ0v) is 11.2. The van der Waals surface area contributed by atoms with Crippen LogP contribution in [-0.2, 0) is 16.2 Å². The van der Waals surface area contributed by atoms with Gasteiger partial charge in [-0.05, 0) is 23.3 Å². The van der Waals surface area contributed by atoms with Crippen LogP contribution in [0.4, 0.5) is 0 Å². The Balaban J connectivity index is 1.87. The third kappa shape index (κ3) is 3.95. The maximum absolute atomic E-state index is 11.3. The van der Waals surface area contributed by atoms with E-state index in [1.165, 1.54) is 7.11 Å². The number of hydrogen-bond donors (Lipinski definition) is 0. The number of oxime groups is 1. The summed E-state index contributed by atoms with van der Waals surface area (Å²) in [7, 11) is 1.36. The molecule has 102 valence electrons. The number of nitrogens with zero attached hydrogens (tertiary/aromatic N) is 1. The summed E-state index contributed by atoms with van der Waals surface area (Å²) >= 11 is 0. The fraction of sp³-hybridized carbons (Fsp3) is 0.125. The third-order valence-electron chi connectivity index (χ3n) is 2.68. The molecule has 0 saturated carbocycles. The van der Waals surface area contributed by atoms with Crippen LogP contribution in [0.5, 0.6) is 0 Å². The topological polar surface area (TPSA) is 47.9 Å². The van der Waals surface area contributed by atoms with Crippen LogP contribution in [0.1, 0.15) is 21.5 Å². The molecule has 0 aromatic heterocycles. The minimum atomic E-state index is -0.353. The van der Waals surface area contributed by atoms with Gasteiger partial charge in [-0.3, -0.25) is 0 Å².